The first-order valence-corrected chi connectivity index (χ1v) is 2.64. The molecule has 0 aliphatic heterocycles. The Morgan fingerprint density at radius 3 is 2.67 bits per heavy atom. The smallest absolute Gasteiger partial charge is 0.242 e. The lowest BCUT2D eigenvalue weighted by molar-refractivity contribution is -0.164. The summed E-state index contributed by atoms with van der Waals surface area (Å²) in [6.07, 6.45) is 0. The lowest BCUT2D eigenvalue weighted by Crippen LogP contribution is -2.28. The molecule has 4 nitrogen and oxygen atoms in total. The summed E-state index contributed by atoms with van der Waals surface area (Å²) in [4.78, 5) is 10.3. The molecule has 0 atom stereocenters. The van der Waals surface area contributed by atoms with E-state index in [0.29, 0.717) is 11.7 Å². The van der Waals surface area contributed by atoms with Gasteiger partial charge in [-0.05, 0) is 0 Å². The van der Waals surface area contributed by atoms with Crippen LogP contribution in [0.4, 0.5) is 0 Å². The van der Waals surface area contributed by atoms with Gasteiger partial charge in [-0.15, -0.1) is 0 Å². The molecular formula is C5H11NO3. The summed E-state index contributed by atoms with van der Waals surface area (Å²) in [5.41, 5.74) is 0. The van der Waals surface area contributed by atoms with Gasteiger partial charge in [-0.2, -0.15) is 0 Å². The van der Waals surface area contributed by atoms with Gasteiger partial charge < -0.3 is 4.74 Å². The first kappa shape index (κ1) is 8.39. The Morgan fingerprint density at radius 2 is 2.33 bits per heavy atom. The van der Waals surface area contributed by atoms with E-state index < -0.39 is 0 Å². The van der Waals surface area contributed by atoms with Crippen LogP contribution in [-0.4, -0.2) is 36.4 Å². The monoisotopic (exact) mass is 133 g/mol. The van der Waals surface area contributed by atoms with Crippen LogP contribution in [0.5, 0.6) is 0 Å². The predicted molar refractivity (Wildman–Crippen MR) is 31.0 cm³/mol. The van der Waals surface area contributed by atoms with Crippen molar-refractivity contribution >= 4 is 5.91 Å². The second-order valence-electron chi connectivity index (χ2n) is 1.63. The molecule has 0 fully saturated rings. The van der Waals surface area contributed by atoms with Gasteiger partial charge in [0.15, 0.2) is 0 Å². The van der Waals surface area contributed by atoms with Crippen LogP contribution in [0.2, 0.25) is 0 Å². The largest absolute Gasteiger partial charge is 0.383 e. The van der Waals surface area contributed by atoms with Crippen LogP contribution < -0.4 is 0 Å². The van der Waals surface area contributed by atoms with Gasteiger partial charge in [0.05, 0.1) is 13.2 Å². The standard InChI is InChI=1S/C5H11NO3/c1-5(7)6(8)3-4-9-2/h8H,3-4H2,1-2H3. The van der Waals surface area contributed by atoms with Crippen LogP contribution in [-0.2, 0) is 9.53 Å². The van der Waals surface area contributed by atoms with Gasteiger partial charge in [0.1, 0.15) is 0 Å². The zero-order chi connectivity index (χ0) is 7.28. The number of carbonyl (C=O) groups is 1. The number of ether oxygens (including phenoxy) is 1. The normalized spacial score (nSPS) is 9.22. The number of methoxy groups -OCH3 is 1. The highest BCUT2D eigenvalue weighted by Crippen LogP contribution is 1.81. The topological polar surface area (TPSA) is 49.8 Å². The molecule has 0 radical (unpaired) electrons. The van der Waals surface area contributed by atoms with Gasteiger partial charge in [0, 0.05) is 14.0 Å². The van der Waals surface area contributed by atoms with Crippen molar-refractivity contribution in [3.63, 3.8) is 0 Å². The van der Waals surface area contributed by atoms with Crippen LogP contribution >= 0.6 is 0 Å². The highest BCUT2D eigenvalue weighted by atomic mass is 16.5. The SMILES string of the molecule is COCCN(O)C(C)=O. The number of rotatable bonds is 3. The Bertz CT molecular complexity index is 94.2. The van der Waals surface area contributed by atoms with Gasteiger partial charge in [0.2, 0.25) is 5.91 Å². The van der Waals surface area contributed by atoms with Crippen molar-refractivity contribution in [2.45, 2.75) is 6.92 Å². The maximum atomic E-state index is 10.3. The Labute approximate surface area is 54.0 Å². The molecular weight excluding hydrogens is 122 g/mol. The molecule has 0 aliphatic carbocycles. The molecule has 0 spiro atoms. The highest BCUT2D eigenvalue weighted by Gasteiger charge is 2.01. The third kappa shape index (κ3) is 3.93. The maximum Gasteiger partial charge on any atom is 0.242 e. The number of hydrogen-bond donors (Lipinski definition) is 1. The average molecular weight is 133 g/mol. The summed E-state index contributed by atoms with van der Waals surface area (Å²) in [6, 6.07) is 0. The van der Waals surface area contributed by atoms with E-state index in [2.05, 4.69) is 4.74 Å². The Hall–Kier alpha value is -0.610. The summed E-state index contributed by atoms with van der Waals surface area (Å²) < 4.78 is 4.61. The van der Waals surface area contributed by atoms with Crippen LogP contribution in [0.3, 0.4) is 0 Å². The molecule has 0 saturated carbocycles. The Balaban J connectivity index is 3.27. The number of hydroxylamine groups is 2. The van der Waals surface area contributed by atoms with Gasteiger partial charge in [-0.25, -0.2) is 5.06 Å². The molecule has 1 amide bonds. The quantitative estimate of drug-likeness (QED) is 0.431. The molecule has 0 aliphatic rings. The van der Waals surface area contributed by atoms with Crippen molar-refractivity contribution in [2.75, 3.05) is 20.3 Å². The number of nitrogens with zero attached hydrogens (tertiary/aromatic N) is 1. The lowest BCUT2D eigenvalue weighted by atomic mass is 10.6. The maximum absolute atomic E-state index is 10.3. The molecule has 0 aromatic heterocycles. The summed E-state index contributed by atoms with van der Waals surface area (Å²) in [7, 11) is 1.51. The van der Waals surface area contributed by atoms with E-state index in [4.69, 9.17) is 5.21 Å². The molecule has 0 aromatic rings. The minimum absolute atomic E-state index is 0.228. The van der Waals surface area contributed by atoms with Crippen LogP contribution in [0, 0.1) is 0 Å². The Morgan fingerprint density at radius 1 is 1.78 bits per heavy atom. The van der Waals surface area contributed by atoms with E-state index in [1.807, 2.05) is 0 Å². The number of hydrogen-bond acceptors (Lipinski definition) is 3. The summed E-state index contributed by atoms with van der Waals surface area (Å²) in [5.74, 6) is -0.368. The van der Waals surface area contributed by atoms with Gasteiger partial charge in [-0.3, -0.25) is 10.0 Å². The van der Waals surface area contributed by atoms with Gasteiger partial charge >= 0.3 is 0 Å². The minimum atomic E-state index is -0.368. The molecule has 0 saturated heterocycles. The van der Waals surface area contributed by atoms with E-state index in [0.717, 1.165) is 0 Å². The molecule has 9 heavy (non-hydrogen) atoms. The van der Waals surface area contributed by atoms with Crippen molar-refractivity contribution in [3.8, 4) is 0 Å². The summed E-state index contributed by atoms with van der Waals surface area (Å²) >= 11 is 0. The van der Waals surface area contributed by atoms with E-state index in [-0.39, 0.29) is 12.5 Å². The van der Waals surface area contributed by atoms with E-state index in [1.165, 1.54) is 14.0 Å². The molecule has 0 bridgehead atoms. The van der Waals surface area contributed by atoms with Crippen LogP contribution in [0.25, 0.3) is 0 Å². The molecule has 0 heterocycles. The zero-order valence-electron chi connectivity index (χ0n) is 5.63. The zero-order valence-corrected chi connectivity index (χ0v) is 5.63. The second-order valence-corrected chi connectivity index (χ2v) is 1.63. The van der Waals surface area contributed by atoms with Gasteiger partial charge in [-0.1, -0.05) is 0 Å². The molecule has 4 heteroatoms. The third-order valence-corrected chi connectivity index (χ3v) is 0.871. The molecule has 0 aromatic carbocycles. The number of amides is 1. The number of carbonyl (C=O) groups excluding carboxylic acids is 1. The van der Waals surface area contributed by atoms with Crippen molar-refractivity contribution < 1.29 is 14.7 Å². The first-order valence-electron chi connectivity index (χ1n) is 2.64. The predicted octanol–water partition coefficient (Wildman–Crippen LogP) is -0.130. The third-order valence-electron chi connectivity index (χ3n) is 0.871. The fourth-order valence-corrected chi connectivity index (χ4v) is 0.335. The molecule has 0 rings (SSSR count). The fraction of sp³-hybridized carbons (Fsp3) is 0.800. The van der Waals surface area contributed by atoms with Crippen LogP contribution in [0.1, 0.15) is 6.92 Å². The van der Waals surface area contributed by atoms with Crippen molar-refractivity contribution in [1.29, 1.82) is 0 Å². The first-order chi connectivity index (χ1) is 4.18. The van der Waals surface area contributed by atoms with Crippen LogP contribution in [0.15, 0.2) is 0 Å². The summed E-state index contributed by atoms with van der Waals surface area (Å²) in [5, 5.41) is 9.28. The lowest BCUT2D eigenvalue weighted by Gasteiger charge is -2.10. The average Bonchev–Trinajstić information content (AvgIpc) is 1.82. The van der Waals surface area contributed by atoms with E-state index >= 15 is 0 Å². The fourth-order valence-electron chi connectivity index (χ4n) is 0.335. The van der Waals surface area contributed by atoms with Crippen molar-refractivity contribution in [2.24, 2.45) is 0 Å². The van der Waals surface area contributed by atoms with E-state index in [1.54, 1.807) is 0 Å². The minimum Gasteiger partial charge on any atom is -0.383 e. The molecule has 1 N–H and O–H groups in total. The molecule has 54 valence electrons. The summed E-state index contributed by atoms with van der Waals surface area (Å²) in [6.45, 7) is 1.87. The molecule has 0 unspecified atom stereocenters. The van der Waals surface area contributed by atoms with Gasteiger partial charge in [0.25, 0.3) is 0 Å². The van der Waals surface area contributed by atoms with Crippen molar-refractivity contribution in [1.82, 2.24) is 5.06 Å². The Kier molecular flexibility index (Phi) is 4.00. The highest BCUT2D eigenvalue weighted by molar-refractivity contribution is 5.71. The second kappa shape index (κ2) is 4.29. The van der Waals surface area contributed by atoms with E-state index in [9.17, 15) is 4.79 Å². The van der Waals surface area contributed by atoms with Crippen molar-refractivity contribution in [3.05, 3.63) is 0 Å².